The first-order chi connectivity index (χ1) is 13.3. The molecule has 0 aliphatic carbocycles. The Morgan fingerprint density at radius 3 is 1.63 bits per heavy atom. The highest BCUT2D eigenvalue weighted by atomic mass is 14.8. The fourth-order valence-corrected chi connectivity index (χ4v) is 3.09. The number of benzene rings is 3. The van der Waals surface area contributed by atoms with E-state index in [2.05, 4.69) is 6.07 Å². The molecule has 0 aliphatic heterocycles. The number of nitriles is 1. The third-order valence-electron chi connectivity index (χ3n) is 4.45. The lowest BCUT2D eigenvalue weighted by atomic mass is 10.0. The van der Waals surface area contributed by atoms with Crippen molar-refractivity contribution in [3.8, 4) is 39.8 Å². The van der Waals surface area contributed by atoms with Crippen molar-refractivity contribution in [3.63, 3.8) is 0 Å². The summed E-state index contributed by atoms with van der Waals surface area (Å²) in [6.07, 6.45) is 0. The smallest absolute Gasteiger partial charge is 0.0991 e. The van der Waals surface area contributed by atoms with Crippen LogP contribution in [-0.2, 0) is 0 Å². The summed E-state index contributed by atoms with van der Waals surface area (Å²) in [5.74, 6) is 0. The maximum atomic E-state index is 9.08. The van der Waals surface area contributed by atoms with Crippen molar-refractivity contribution in [2.45, 2.75) is 6.92 Å². The Bertz CT molecular complexity index is 1110. The molecule has 0 atom stereocenters. The largest absolute Gasteiger partial charge is 0.249 e. The van der Waals surface area contributed by atoms with Gasteiger partial charge in [-0.05, 0) is 19.1 Å². The lowest BCUT2D eigenvalue weighted by molar-refractivity contribution is 1.13. The highest BCUT2D eigenvalue weighted by molar-refractivity contribution is 5.80. The fourth-order valence-electron chi connectivity index (χ4n) is 3.09. The van der Waals surface area contributed by atoms with Crippen LogP contribution in [0.15, 0.2) is 84.9 Å². The molecule has 0 aliphatic rings. The standard InChI is InChI=1S/C24H17N3/c1-17-22(19-8-4-2-5-9-19)27-24(21-14-12-18(16-25)13-15-21)23(26-17)20-10-6-3-7-11-20/h2-15H,1H3. The summed E-state index contributed by atoms with van der Waals surface area (Å²) in [5.41, 5.74) is 7.05. The van der Waals surface area contributed by atoms with Crippen molar-refractivity contribution >= 4 is 0 Å². The summed E-state index contributed by atoms with van der Waals surface area (Å²) < 4.78 is 0. The van der Waals surface area contributed by atoms with Gasteiger partial charge in [-0.25, -0.2) is 9.97 Å². The van der Waals surface area contributed by atoms with Gasteiger partial charge in [0.2, 0.25) is 0 Å². The van der Waals surface area contributed by atoms with E-state index in [1.807, 2.05) is 91.9 Å². The van der Waals surface area contributed by atoms with Crippen LogP contribution >= 0.6 is 0 Å². The van der Waals surface area contributed by atoms with Crippen molar-refractivity contribution in [2.24, 2.45) is 0 Å². The Labute approximate surface area is 158 Å². The minimum Gasteiger partial charge on any atom is -0.249 e. The number of aryl methyl sites for hydroxylation is 1. The zero-order chi connectivity index (χ0) is 18.6. The van der Waals surface area contributed by atoms with Gasteiger partial charge in [-0.3, -0.25) is 0 Å². The van der Waals surface area contributed by atoms with Crippen LogP contribution in [0.5, 0.6) is 0 Å². The van der Waals surface area contributed by atoms with E-state index in [0.29, 0.717) is 5.56 Å². The fraction of sp³-hybridized carbons (Fsp3) is 0.0417. The first-order valence-electron chi connectivity index (χ1n) is 8.76. The first kappa shape index (κ1) is 16.7. The molecule has 0 bridgehead atoms. The molecule has 0 spiro atoms. The molecule has 128 valence electrons. The summed E-state index contributed by atoms with van der Waals surface area (Å²) >= 11 is 0. The number of nitrogens with zero attached hydrogens (tertiary/aromatic N) is 3. The molecule has 0 saturated carbocycles. The summed E-state index contributed by atoms with van der Waals surface area (Å²) in [7, 11) is 0. The predicted molar refractivity (Wildman–Crippen MR) is 108 cm³/mol. The van der Waals surface area contributed by atoms with Crippen LogP contribution in [-0.4, -0.2) is 9.97 Å². The molecule has 3 nitrogen and oxygen atoms in total. The molecule has 0 radical (unpaired) electrons. The zero-order valence-corrected chi connectivity index (χ0v) is 14.9. The van der Waals surface area contributed by atoms with Crippen molar-refractivity contribution in [2.75, 3.05) is 0 Å². The van der Waals surface area contributed by atoms with Crippen LogP contribution < -0.4 is 0 Å². The van der Waals surface area contributed by atoms with E-state index in [9.17, 15) is 0 Å². The highest BCUT2D eigenvalue weighted by Crippen LogP contribution is 2.32. The summed E-state index contributed by atoms with van der Waals surface area (Å²) in [6.45, 7) is 1.99. The lowest BCUT2D eigenvalue weighted by Gasteiger charge is -2.13. The van der Waals surface area contributed by atoms with Gasteiger partial charge < -0.3 is 0 Å². The van der Waals surface area contributed by atoms with E-state index in [0.717, 1.165) is 39.5 Å². The van der Waals surface area contributed by atoms with E-state index in [1.54, 1.807) is 0 Å². The van der Waals surface area contributed by atoms with Gasteiger partial charge in [-0.15, -0.1) is 0 Å². The molecule has 0 N–H and O–H groups in total. The second-order valence-electron chi connectivity index (χ2n) is 6.28. The van der Waals surface area contributed by atoms with Crippen molar-refractivity contribution in [3.05, 3.63) is 96.2 Å². The monoisotopic (exact) mass is 347 g/mol. The maximum Gasteiger partial charge on any atom is 0.0991 e. The summed E-state index contributed by atoms with van der Waals surface area (Å²) in [5, 5.41) is 9.08. The molecular weight excluding hydrogens is 330 g/mol. The van der Waals surface area contributed by atoms with E-state index in [1.165, 1.54) is 0 Å². The topological polar surface area (TPSA) is 49.6 Å². The highest BCUT2D eigenvalue weighted by Gasteiger charge is 2.15. The molecule has 3 heteroatoms. The average molecular weight is 347 g/mol. The van der Waals surface area contributed by atoms with Crippen molar-refractivity contribution in [1.82, 2.24) is 9.97 Å². The molecule has 1 aromatic heterocycles. The van der Waals surface area contributed by atoms with Gasteiger partial charge in [-0.2, -0.15) is 5.26 Å². The Morgan fingerprint density at radius 2 is 1.07 bits per heavy atom. The number of hydrogen-bond donors (Lipinski definition) is 0. The average Bonchev–Trinajstić information content (AvgIpc) is 2.75. The first-order valence-corrected chi connectivity index (χ1v) is 8.76. The van der Waals surface area contributed by atoms with Crippen LogP contribution in [0.1, 0.15) is 11.3 Å². The Hall–Kier alpha value is -3.77. The molecule has 4 aromatic rings. The van der Waals surface area contributed by atoms with Gasteiger partial charge in [-0.1, -0.05) is 72.8 Å². The Kier molecular flexibility index (Phi) is 4.47. The minimum atomic E-state index is 0.628. The van der Waals surface area contributed by atoms with E-state index in [-0.39, 0.29) is 0 Å². The van der Waals surface area contributed by atoms with Gasteiger partial charge in [0.25, 0.3) is 0 Å². The van der Waals surface area contributed by atoms with Crippen molar-refractivity contribution in [1.29, 1.82) is 5.26 Å². The third-order valence-corrected chi connectivity index (χ3v) is 4.45. The van der Waals surface area contributed by atoms with Crippen LogP contribution in [0.4, 0.5) is 0 Å². The Balaban J connectivity index is 1.96. The molecule has 27 heavy (non-hydrogen) atoms. The molecule has 0 unspecified atom stereocenters. The molecule has 3 aromatic carbocycles. The van der Waals surface area contributed by atoms with E-state index in [4.69, 9.17) is 15.2 Å². The normalized spacial score (nSPS) is 10.4. The van der Waals surface area contributed by atoms with Crippen molar-refractivity contribution < 1.29 is 0 Å². The maximum absolute atomic E-state index is 9.08. The zero-order valence-electron chi connectivity index (χ0n) is 14.9. The second kappa shape index (κ2) is 7.23. The molecule has 1 heterocycles. The molecular formula is C24H17N3. The summed E-state index contributed by atoms with van der Waals surface area (Å²) in [6, 6.07) is 29.8. The Morgan fingerprint density at radius 1 is 0.593 bits per heavy atom. The molecule has 4 rings (SSSR count). The van der Waals surface area contributed by atoms with Gasteiger partial charge >= 0.3 is 0 Å². The van der Waals surface area contributed by atoms with Crippen LogP contribution in [0.25, 0.3) is 33.8 Å². The quantitative estimate of drug-likeness (QED) is 0.480. The third kappa shape index (κ3) is 3.33. The molecule has 0 fully saturated rings. The number of rotatable bonds is 3. The lowest BCUT2D eigenvalue weighted by Crippen LogP contribution is -2.00. The van der Waals surface area contributed by atoms with Crippen LogP contribution in [0.3, 0.4) is 0 Å². The van der Waals surface area contributed by atoms with Gasteiger partial charge in [0.15, 0.2) is 0 Å². The van der Waals surface area contributed by atoms with Crippen LogP contribution in [0, 0.1) is 18.3 Å². The van der Waals surface area contributed by atoms with E-state index >= 15 is 0 Å². The second-order valence-corrected chi connectivity index (χ2v) is 6.28. The van der Waals surface area contributed by atoms with Crippen LogP contribution in [0.2, 0.25) is 0 Å². The number of hydrogen-bond acceptors (Lipinski definition) is 3. The molecule has 0 saturated heterocycles. The van der Waals surface area contributed by atoms with E-state index < -0.39 is 0 Å². The van der Waals surface area contributed by atoms with Gasteiger partial charge in [0.05, 0.1) is 34.4 Å². The predicted octanol–water partition coefficient (Wildman–Crippen LogP) is 5.66. The SMILES string of the molecule is Cc1nc(-c2ccccc2)c(-c2ccc(C#N)cc2)nc1-c1ccccc1. The minimum absolute atomic E-state index is 0.628. The summed E-state index contributed by atoms with van der Waals surface area (Å²) in [4.78, 5) is 9.91. The molecule has 0 amide bonds. The number of aromatic nitrogens is 2. The van der Waals surface area contributed by atoms with Gasteiger partial charge in [0, 0.05) is 16.7 Å². The van der Waals surface area contributed by atoms with Gasteiger partial charge in [0.1, 0.15) is 0 Å².